The fourth-order valence-electron chi connectivity index (χ4n) is 2.37. The highest BCUT2D eigenvalue weighted by atomic mass is 32.1. The van der Waals surface area contributed by atoms with Crippen LogP contribution in [0.15, 0.2) is 12.7 Å². The molecule has 0 spiro atoms. The van der Waals surface area contributed by atoms with Gasteiger partial charge in [0.15, 0.2) is 0 Å². The van der Waals surface area contributed by atoms with Crippen LogP contribution in [-0.2, 0) is 4.43 Å². The zero-order chi connectivity index (χ0) is 15.3. The Kier molecular flexibility index (Phi) is 7.72. The number of rotatable bonds is 8. The molecule has 112 valence electrons. The fourth-order valence-corrected chi connectivity index (χ4v) is 6.32. The van der Waals surface area contributed by atoms with Crippen molar-refractivity contribution in [3.05, 3.63) is 12.7 Å². The van der Waals surface area contributed by atoms with Crippen LogP contribution in [0.1, 0.15) is 19.8 Å². The van der Waals surface area contributed by atoms with Crippen LogP contribution in [0, 0.1) is 0 Å². The van der Waals surface area contributed by atoms with E-state index in [2.05, 4.69) is 57.4 Å². The molecule has 0 N–H and O–H groups in total. The molecule has 0 aromatic carbocycles. The number of hydrogen-bond donors (Lipinski definition) is 0. The zero-order valence-corrected chi connectivity index (χ0v) is 16.6. The molecule has 0 saturated carbocycles. The molecular weight excluding hydrogens is 286 g/mol. The summed E-state index contributed by atoms with van der Waals surface area (Å²) >= 11 is 5.45. The van der Waals surface area contributed by atoms with Gasteiger partial charge in [-0.05, 0) is 44.8 Å². The molecule has 0 aromatic rings. The molecule has 0 amide bonds. The third-order valence-corrected chi connectivity index (χ3v) is 6.57. The molecule has 0 aliphatic heterocycles. The molecule has 2 nitrogen and oxygen atoms in total. The molecule has 0 rings (SSSR count). The first-order valence-electron chi connectivity index (χ1n) is 7.10. The third-order valence-electron chi connectivity index (χ3n) is 2.90. The topological polar surface area (TPSA) is 12.5 Å². The van der Waals surface area contributed by atoms with Crippen LogP contribution in [0.3, 0.4) is 0 Å². The van der Waals surface area contributed by atoms with Gasteiger partial charge in [0, 0.05) is 12.5 Å². The first kappa shape index (κ1) is 19.0. The Morgan fingerprint density at radius 1 is 1.26 bits per heavy atom. The quantitative estimate of drug-likeness (QED) is 0.367. The smallest absolute Gasteiger partial charge is 0.242 e. The van der Waals surface area contributed by atoms with Gasteiger partial charge in [0.1, 0.15) is 13.3 Å². The highest BCUT2D eigenvalue weighted by Crippen LogP contribution is 2.20. The van der Waals surface area contributed by atoms with Gasteiger partial charge in [0.25, 0.3) is 0 Å². The summed E-state index contributed by atoms with van der Waals surface area (Å²) in [6.07, 6.45) is 3.83. The molecule has 0 aromatic heterocycles. The second-order valence-electron chi connectivity index (χ2n) is 6.93. The lowest BCUT2D eigenvalue weighted by atomic mass is 10.1. The number of thiocarbonyl (C=S) groups is 1. The molecule has 0 saturated heterocycles. The standard InChI is InChI=1S/C14H31NOSSi2/c1-9-11-13(15(10-2)18(3,4)5)12-14(17)16-19(6,7)8/h9,13H,1,10-12H2,2-8H3. The lowest BCUT2D eigenvalue weighted by molar-refractivity contribution is 0.328. The van der Waals surface area contributed by atoms with Crippen molar-refractivity contribution in [2.45, 2.75) is 65.1 Å². The van der Waals surface area contributed by atoms with Gasteiger partial charge < -0.3 is 8.99 Å². The number of hydrogen-bond acceptors (Lipinski definition) is 3. The van der Waals surface area contributed by atoms with Crippen molar-refractivity contribution in [1.82, 2.24) is 4.57 Å². The SMILES string of the molecule is C=CCC(CC(=S)O[Si](C)(C)C)N(CC)[Si](C)(C)C. The predicted octanol–water partition coefficient (Wildman–Crippen LogP) is 4.66. The summed E-state index contributed by atoms with van der Waals surface area (Å²) in [6.45, 7) is 20.9. The molecular formula is C14H31NOSSi2. The molecule has 0 fully saturated rings. The first-order valence-corrected chi connectivity index (χ1v) is 14.4. The molecule has 1 atom stereocenters. The van der Waals surface area contributed by atoms with Crippen molar-refractivity contribution in [3.63, 3.8) is 0 Å². The van der Waals surface area contributed by atoms with Crippen molar-refractivity contribution in [2.75, 3.05) is 6.54 Å². The monoisotopic (exact) mass is 317 g/mol. The van der Waals surface area contributed by atoms with Gasteiger partial charge >= 0.3 is 0 Å². The third kappa shape index (κ3) is 8.02. The second kappa shape index (κ2) is 7.71. The van der Waals surface area contributed by atoms with Crippen LogP contribution in [0.25, 0.3) is 0 Å². The Morgan fingerprint density at radius 2 is 1.79 bits per heavy atom. The summed E-state index contributed by atoms with van der Waals surface area (Å²) in [5.41, 5.74) is 0. The Labute approximate surface area is 127 Å². The van der Waals surface area contributed by atoms with Crippen molar-refractivity contribution in [3.8, 4) is 0 Å². The average Bonchev–Trinajstić information content (AvgIpc) is 2.12. The van der Waals surface area contributed by atoms with Crippen LogP contribution in [0.5, 0.6) is 0 Å². The lowest BCUT2D eigenvalue weighted by Gasteiger charge is -2.40. The maximum absolute atomic E-state index is 5.95. The van der Waals surface area contributed by atoms with Gasteiger partial charge in [0.2, 0.25) is 8.32 Å². The summed E-state index contributed by atoms with van der Waals surface area (Å²) < 4.78 is 8.57. The highest BCUT2D eigenvalue weighted by molar-refractivity contribution is 7.80. The van der Waals surface area contributed by atoms with E-state index in [9.17, 15) is 0 Å². The summed E-state index contributed by atoms with van der Waals surface area (Å²) in [7, 11) is -2.91. The lowest BCUT2D eigenvalue weighted by Crippen LogP contribution is -2.52. The molecule has 1 unspecified atom stereocenters. The maximum Gasteiger partial charge on any atom is 0.242 e. The molecule has 0 heterocycles. The Morgan fingerprint density at radius 3 is 2.11 bits per heavy atom. The van der Waals surface area contributed by atoms with Crippen molar-refractivity contribution < 1.29 is 4.43 Å². The molecule has 0 bridgehead atoms. The Balaban J connectivity index is 4.82. The maximum atomic E-state index is 5.95. The minimum Gasteiger partial charge on any atom is -0.540 e. The minimum atomic E-state index is -1.58. The van der Waals surface area contributed by atoms with Gasteiger partial charge in [-0.15, -0.1) is 6.58 Å². The molecule has 5 heteroatoms. The first-order chi connectivity index (χ1) is 8.51. The number of nitrogens with zero attached hydrogens (tertiary/aromatic N) is 1. The average molecular weight is 318 g/mol. The molecule has 0 aliphatic carbocycles. The van der Waals surface area contributed by atoms with E-state index in [4.69, 9.17) is 16.6 Å². The van der Waals surface area contributed by atoms with Gasteiger partial charge in [-0.25, -0.2) is 0 Å². The van der Waals surface area contributed by atoms with E-state index >= 15 is 0 Å². The van der Waals surface area contributed by atoms with E-state index in [0.29, 0.717) is 6.04 Å². The van der Waals surface area contributed by atoms with E-state index < -0.39 is 16.6 Å². The van der Waals surface area contributed by atoms with E-state index in [0.717, 1.165) is 24.4 Å². The Bertz CT molecular complexity index is 308. The van der Waals surface area contributed by atoms with Crippen LogP contribution >= 0.6 is 12.2 Å². The summed E-state index contributed by atoms with van der Waals surface area (Å²) in [6, 6.07) is 0.443. The minimum absolute atomic E-state index is 0.443. The van der Waals surface area contributed by atoms with Crippen LogP contribution in [0.2, 0.25) is 39.3 Å². The summed E-state index contributed by atoms with van der Waals surface area (Å²) in [4.78, 5) is 0. The van der Waals surface area contributed by atoms with Crippen molar-refractivity contribution >= 4 is 33.8 Å². The molecule has 0 aliphatic rings. The van der Waals surface area contributed by atoms with E-state index in [1.807, 2.05) is 6.08 Å². The largest absolute Gasteiger partial charge is 0.540 e. The van der Waals surface area contributed by atoms with E-state index in [1.54, 1.807) is 0 Å². The van der Waals surface area contributed by atoms with E-state index in [-0.39, 0.29) is 0 Å². The Hall–Kier alpha value is 0.0238. The fraction of sp³-hybridized carbons (Fsp3) is 0.786. The van der Waals surface area contributed by atoms with Crippen molar-refractivity contribution in [2.24, 2.45) is 0 Å². The molecule has 19 heavy (non-hydrogen) atoms. The van der Waals surface area contributed by atoms with Gasteiger partial charge in [-0.1, -0.05) is 32.6 Å². The van der Waals surface area contributed by atoms with Crippen LogP contribution in [-0.4, -0.2) is 38.8 Å². The van der Waals surface area contributed by atoms with Crippen molar-refractivity contribution in [1.29, 1.82) is 0 Å². The normalized spacial score (nSPS) is 14.3. The highest BCUT2D eigenvalue weighted by Gasteiger charge is 2.30. The van der Waals surface area contributed by atoms with Gasteiger partial charge in [0.05, 0.1) is 0 Å². The van der Waals surface area contributed by atoms with Gasteiger partial charge in [-0.3, -0.25) is 0 Å². The molecule has 0 radical (unpaired) electrons. The van der Waals surface area contributed by atoms with E-state index in [1.165, 1.54) is 0 Å². The summed E-state index contributed by atoms with van der Waals surface area (Å²) in [5.74, 6) is 0. The predicted molar refractivity (Wildman–Crippen MR) is 96.0 cm³/mol. The second-order valence-corrected chi connectivity index (χ2v) is 16.7. The van der Waals surface area contributed by atoms with Crippen LogP contribution in [0.4, 0.5) is 0 Å². The van der Waals surface area contributed by atoms with Crippen LogP contribution < -0.4 is 0 Å². The van der Waals surface area contributed by atoms with Gasteiger partial charge in [-0.2, -0.15) is 0 Å². The zero-order valence-electron chi connectivity index (χ0n) is 13.7. The summed E-state index contributed by atoms with van der Waals surface area (Å²) in [5, 5.41) is 0.780.